The highest BCUT2D eigenvalue weighted by Gasteiger charge is 2.24. The molecule has 28 heavy (non-hydrogen) atoms. The van der Waals surface area contributed by atoms with Crippen molar-refractivity contribution >= 4 is 46.6 Å². The second-order valence-electron chi connectivity index (χ2n) is 5.74. The van der Waals surface area contributed by atoms with E-state index in [1.54, 1.807) is 30.3 Å². The van der Waals surface area contributed by atoms with E-state index < -0.39 is 34.2 Å². The molecule has 0 aromatic heterocycles. The normalized spacial score (nSPS) is 11.5. The summed E-state index contributed by atoms with van der Waals surface area (Å²) < 4.78 is 0. The van der Waals surface area contributed by atoms with E-state index in [-0.39, 0.29) is 10.7 Å². The predicted molar refractivity (Wildman–Crippen MR) is 109 cm³/mol. The molecule has 0 saturated heterocycles. The lowest BCUT2D eigenvalue weighted by atomic mass is 10.1. The van der Waals surface area contributed by atoms with Crippen LogP contribution in [0.1, 0.15) is 16.8 Å². The number of phenols is 1. The van der Waals surface area contributed by atoms with Crippen LogP contribution in [0, 0.1) is 10.1 Å². The van der Waals surface area contributed by atoms with Crippen LogP contribution >= 0.6 is 23.4 Å². The molecule has 0 aliphatic heterocycles. The lowest BCUT2D eigenvalue weighted by molar-refractivity contribution is -0.384. The van der Waals surface area contributed by atoms with E-state index in [1.165, 1.54) is 11.8 Å². The standard InChI is InChI=1S/C18H18ClN3O5S/c1-28-8-7-13(20-17(24)11-5-3-2-4-6-11)18(25)21-14-9-12(19)15(22(26)27)10-16(14)23/h2-6,9-10,13,23H,7-8H2,1H3,(H,20,24)(H,21,25)/t13-/m0/s1. The number of hydrogen-bond donors (Lipinski definition) is 3. The summed E-state index contributed by atoms with van der Waals surface area (Å²) in [5.41, 5.74) is -0.150. The highest BCUT2D eigenvalue weighted by atomic mass is 35.5. The van der Waals surface area contributed by atoms with E-state index in [0.717, 1.165) is 12.1 Å². The van der Waals surface area contributed by atoms with Crippen LogP contribution in [0.4, 0.5) is 11.4 Å². The summed E-state index contributed by atoms with van der Waals surface area (Å²) in [6, 6.07) is 9.53. The van der Waals surface area contributed by atoms with Crippen LogP contribution in [0.3, 0.4) is 0 Å². The van der Waals surface area contributed by atoms with Crippen molar-refractivity contribution in [2.45, 2.75) is 12.5 Å². The molecule has 0 aliphatic carbocycles. The topological polar surface area (TPSA) is 122 Å². The fraction of sp³-hybridized carbons (Fsp3) is 0.222. The van der Waals surface area contributed by atoms with E-state index in [2.05, 4.69) is 10.6 Å². The van der Waals surface area contributed by atoms with Crippen LogP contribution in [0.2, 0.25) is 5.02 Å². The summed E-state index contributed by atoms with van der Waals surface area (Å²) in [6.07, 6.45) is 2.23. The summed E-state index contributed by atoms with van der Waals surface area (Å²) in [5, 5.41) is 25.7. The Morgan fingerprint density at radius 2 is 1.96 bits per heavy atom. The van der Waals surface area contributed by atoms with Crippen molar-refractivity contribution in [3.05, 3.63) is 63.2 Å². The number of phenolic OH excluding ortho intramolecular Hbond substituents is 1. The number of carbonyl (C=O) groups excluding carboxylic acids is 2. The first-order valence-corrected chi connectivity index (χ1v) is 9.93. The van der Waals surface area contributed by atoms with Gasteiger partial charge in [-0.05, 0) is 36.6 Å². The van der Waals surface area contributed by atoms with Crippen LogP contribution in [-0.4, -0.2) is 39.9 Å². The quantitative estimate of drug-likeness (QED) is 0.339. The second-order valence-corrected chi connectivity index (χ2v) is 7.13. The van der Waals surface area contributed by atoms with Crippen LogP contribution in [-0.2, 0) is 4.79 Å². The molecule has 0 saturated carbocycles. The van der Waals surface area contributed by atoms with Crippen LogP contribution in [0.5, 0.6) is 5.75 Å². The summed E-state index contributed by atoms with van der Waals surface area (Å²) in [6.45, 7) is 0. The minimum Gasteiger partial charge on any atom is -0.506 e. The third kappa shape index (κ3) is 5.61. The summed E-state index contributed by atoms with van der Waals surface area (Å²) >= 11 is 7.34. The summed E-state index contributed by atoms with van der Waals surface area (Å²) in [4.78, 5) is 35.1. The molecule has 2 aromatic rings. The maximum absolute atomic E-state index is 12.6. The van der Waals surface area contributed by atoms with E-state index in [1.807, 2.05) is 6.26 Å². The van der Waals surface area contributed by atoms with Gasteiger partial charge < -0.3 is 15.7 Å². The van der Waals surface area contributed by atoms with E-state index in [0.29, 0.717) is 17.7 Å². The monoisotopic (exact) mass is 423 g/mol. The van der Waals surface area contributed by atoms with Crippen molar-refractivity contribution in [3.63, 3.8) is 0 Å². The zero-order valence-electron chi connectivity index (χ0n) is 14.8. The molecule has 0 radical (unpaired) electrons. The Morgan fingerprint density at radius 1 is 1.29 bits per heavy atom. The average Bonchev–Trinajstić information content (AvgIpc) is 2.67. The number of anilines is 1. The molecule has 2 rings (SSSR count). The van der Waals surface area contributed by atoms with Gasteiger partial charge >= 0.3 is 0 Å². The Kier molecular flexibility index (Phi) is 7.65. The van der Waals surface area contributed by atoms with E-state index in [4.69, 9.17) is 11.6 Å². The van der Waals surface area contributed by atoms with Crippen molar-refractivity contribution in [1.82, 2.24) is 5.32 Å². The zero-order valence-corrected chi connectivity index (χ0v) is 16.4. The summed E-state index contributed by atoms with van der Waals surface area (Å²) in [7, 11) is 0. The van der Waals surface area contributed by atoms with Gasteiger partial charge in [0.1, 0.15) is 16.8 Å². The fourth-order valence-corrected chi connectivity index (χ4v) is 3.05. The molecule has 8 nitrogen and oxygen atoms in total. The van der Waals surface area contributed by atoms with Crippen molar-refractivity contribution in [2.24, 2.45) is 0 Å². The number of hydrogen-bond acceptors (Lipinski definition) is 6. The molecule has 2 amide bonds. The first-order chi connectivity index (χ1) is 13.3. The number of aromatic hydroxyl groups is 1. The van der Waals surface area contributed by atoms with Gasteiger partial charge in [0.2, 0.25) is 5.91 Å². The molecule has 0 bridgehead atoms. The zero-order chi connectivity index (χ0) is 20.7. The number of nitrogens with zero attached hydrogens (tertiary/aromatic N) is 1. The van der Waals surface area contributed by atoms with Gasteiger partial charge in [0.15, 0.2) is 0 Å². The molecule has 148 valence electrons. The SMILES string of the molecule is CSCC[C@H](NC(=O)c1ccccc1)C(=O)Nc1cc(Cl)c([N+](=O)[O-])cc1O. The molecule has 0 unspecified atom stereocenters. The Balaban J connectivity index is 2.18. The van der Waals surface area contributed by atoms with Crippen molar-refractivity contribution in [1.29, 1.82) is 0 Å². The smallest absolute Gasteiger partial charge is 0.291 e. The maximum Gasteiger partial charge on any atom is 0.291 e. The minimum atomic E-state index is -0.867. The molecule has 2 aromatic carbocycles. The molecular formula is C18H18ClN3O5S. The molecule has 1 atom stereocenters. The Labute approximate surface area is 170 Å². The fourth-order valence-electron chi connectivity index (χ4n) is 2.35. The maximum atomic E-state index is 12.6. The number of benzene rings is 2. The van der Waals surface area contributed by atoms with Crippen molar-refractivity contribution in [3.8, 4) is 5.75 Å². The van der Waals surface area contributed by atoms with Crippen LogP contribution in [0.15, 0.2) is 42.5 Å². The molecule has 0 aliphatic rings. The first-order valence-electron chi connectivity index (χ1n) is 8.16. The molecule has 0 heterocycles. The molecule has 10 heteroatoms. The minimum absolute atomic E-state index is 0.0799. The van der Waals surface area contributed by atoms with Gasteiger partial charge in [0.25, 0.3) is 11.6 Å². The van der Waals surface area contributed by atoms with Crippen molar-refractivity contribution < 1.29 is 19.6 Å². The number of thioether (sulfide) groups is 1. The molecular weight excluding hydrogens is 406 g/mol. The van der Waals surface area contributed by atoms with Gasteiger partial charge in [0, 0.05) is 5.56 Å². The van der Waals surface area contributed by atoms with Gasteiger partial charge in [-0.2, -0.15) is 11.8 Å². The molecule has 3 N–H and O–H groups in total. The Morgan fingerprint density at radius 3 is 2.57 bits per heavy atom. The number of nitro groups is 1. The highest BCUT2D eigenvalue weighted by Crippen LogP contribution is 2.35. The molecule has 0 fully saturated rings. The third-order valence-corrected chi connectivity index (χ3v) is 4.73. The van der Waals surface area contributed by atoms with Crippen LogP contribution in [0.25, 0.3) is 0 Å². The molecule has 0 spiro atoms. The second kappa shape index (κ2) is 9.95. The Bertz CT molecular complexity index is 879. The number of nitro benzene ring substituents is 1. The average molecular weight is 424 g/mol. The van der Waals surface area contributed by atoms with Gasteiger partial charge in [-0.3, -0.25) is 19.7 Å². The lowest BCUT2D eigenvalue weighted by Crippen LogP contribution is -2.44. The summed E-state index contributed by atoms with van der Waals surface area (Å²) in [5.74, 6) is -0.867. The van der Waals surface area contributed by atoms with E-state index >= 15 is 0 Å². The highest BCUT2D eigenvalue weighted by molar-refractivity contribution is 7.98. The predicted octanol–water partition coefficient (Wildman–Crippen LogP) is 3.44. The number of amides is 2. The number of rotatable bonds is 8. The number of carbonyl (C=O) groups is 2. The van der Waals surface area contributed by atoms with Gasteiger partial charge in [0.05, 0.1) is 16.7 Å². The lowest BCUT2D eigenvalue weighted by Gasteiger charge is -2.19. The van der Waals surface area contributed by atoms with Gasteiger partial charge in [-0.25, -0.2) is 0 Å². The van der Waals surface area contributed by atoms with Crippen molar-refractivity contribution in [2.75, 3.05) is 17.3 Å². The first kappa shape index (κ1) is 21.5. The third-order valence-electron chi connectivity index (χ3n) is 3.79. The Hall–Kier alpha value is -2.78. The van der Waals surface area contributed by atoms with Gasteiger partial charge in [-0.15, -0.1) is 0 Å². The number of halogens is 1. The largest absolute Gasteiger partial charge is 0.506 e. The van der Waals surface area contributed by atoms with Crippen LogP contribution < -0.4 is 10.6 Å². The van der Waals surface area contributed by atoms with Gasteiger partial charge in [-0.1, -0.05) is 29.8 Å². The van der Waals surface area contributed by atoms with E-state index in [9.17, 15) is 24.8 Å². The number of nitrogens with one attached hydrogen (secondary N) is 2.